The molecule has 4 heterocycles. The van der Waals surface area contributed by atoms with Crippen LogP contribution in [0, 0.1) is 24.2 Å². The summed E-state index contributed by atoms with van der Waals surface area (Å²) >= 11 is 0. The van der Waals surface area contributed by atoms with Crippen molar-refractivity contribution in [3.05, 3.63) is 76.2 Å². The van der Waals surface area contributed by atoms with Gasteiger partial charge in [0.1, 0.15) is 11.5 Å². The number of pyridine rings is 1. The number of likely N-dealkylation sites (tertiary alicyclic amines) is 2. The van der Waals surface area contributed by atoms with Gasteiger partial charge in [-0.3, -0.25) is 14.7 Å². The summed E-state index contributed by atoms with van der Waals surface area (Å²) in [7, 11) is 2.04. The van der Waals surface area contributed by atoms with Gasteiger partial charge in [-0.05, 0) is 55.8 Å². The lowest BCUT2D eigenvalue weighted by atomic mass is 9.73. The monoisotopic (exact) mass is 521 g/mol. The topological polar surface area (TPSA) is 100 Å². The zero-order chi connectivity index (χ0) is 27.1. The Kier molecular flexibility index (Phi) is 6.54. The minimum absolute atomic E-state index is 0.0529. The number of nitrogens with zero attached hydrogens (tertiary/aromatic N) is 5. The van der Waals surface area contributed by atoms with Crippen molar-refractivity contribution in [2.75, 3.05) is 44.3 Å². The van der Waals surface area contributed by atoms with Crippen molar-refractivity contribution in [3.63, 3.8) is 0 Å². The summed E-state index contributed by atoms with van der Waals surface area (Å²) in [6.45, 7) is 5.51. The van der Waals surface area contributed by atoms with E-state index in [2.05, 4.69) is 37.2 Å². The Labute approximate surface area is 218 Å². The number of nitrogens with two attached hydrogens (primary N) is 1. The molecule has 2 aromatic heterocycles. The summed E-state index contributed by atoms with van der Waals surface area (Å²) in [6, 6.07) is 8.64. The van der Waals surface area contributed by atoms with Crippen LogP contribution < -0.4 is 11.1 Å². The molecule has 3 N–H and O–H groups in total. The van der Waals surface area contributed by atoms with Gasteiger partial charge in [0.2, 0.25) is 0 Å². The molecule has 0 atom stereocenters. The average Bonchev–Trinajstić information content (AvgIpc) is 2.82. The van der Waals surface area contributed by atoms with Crippen LogP contribution in [0.3, 0.4) is 0 Å². The van der Waals surface area contributed by atoms with Crippen LogP contribution in [0.5, 0.6) is 0 Å². The summed E-state index contributed by atoms with van der Waals surface area (Å²) in [5.41, 5.74) is 6.87. The number of aryl methyl sites for hydroxylation is 1. The minimum Gasteiger partial charge on any atom is -0.382 e. The van der Waals surface area contributed by atoms with E-state index in [1.54, 1.807) is 19.1 Å². The van der Waals surface area contributed by atoms with Crippen LogP contribution >= 0.6 is 0 Å². The highest BCUT2D eigenvalue weighted by atomic mass is 19.4. The third kappa shape index (κ3) is 5.46. The Morgan fingerprint density at radius 1 is 1.11 bits per heavy atom. The van der Waals surface area contributed by atoms with Gasteiger partial charge in [-0.15, -0.1) is 10.2 Å². The predicted octanol–water partition coefficient (Wildman–Crippen LogP) is 3.18. The van der Waals surface area contributed by atoms with E-state index in [1.807, 2.05) is 11.9 Å². The molecule has 196 valence electrons. The van der Waals surface area contributed by atoms with E-state index >= 15 is 0 Å². The molecule has 2 aliphatic rings. The van der Waals surface area contributed by atoms with Gasteiger partial charge in [0.15, 0.2) is 0 Å². The summed E-state index contributed by atoms with van der Waals surface area (Å²) in [5.74, 6) is 5.41. The molecular formula is C27H26F3N7O. The maximum atomic E-state index is 13.9. The molecule has 1 spiro atoms. The third-order valence-electron chi connectivity index (χ3n) is 6.76. The molecule has 11 heteroatoms. The third-order valence-corrected chi connectivity index (χ3v) is 6.76. The van der Waals surface area contributed by atoms with Crippen LogP contribution in [-0.2, 0) is 12.7 Å². The van der Waals surface area contributed by atoms with Crippen LogP contribution in [0.2, 0.25) is 0 Å². The van der Waals surface area contributed by atoms with Crippen molar-refractivity contribution in [1.82, 2.24) is 25.0 Å². The average molecular weight is 522 g/mol. The Morgan fingerprint density at radius 3 is 2.53 bits per heavy atom. The smallest absolute Gasteiger partial charge is 0.382 e. The van der Waals surface area contributed by atoms with E-state index in [4.69, 9.17) is 5.73 Å². The highest BCUT2D eigenvalue weighted by Gasteiger charge is 2.50. The quantitative estimate of drug-likeness (QED) is 0.509. The molecule has 2 saturated heterocycles. The van der Waals surface area contributed by atoms with E-state index in [0.717, 1.165) is 32.2 Å². The maximum absolute atomic E-state index is 13.9. The number of carbonyl (C=O) groups is 1. The number of anilines is 2. The molecule has 0 bridgehead atoms. The summed E-state index contributed by atoms with van der Waals surface area (Å²) < 4.78 is 41.7. The van der Waals surface area contributed by atoms with Crippen molar-refractivity contribution in [2.45, 2.75) is 19.6 Å². The Bertz CT molecular complexity index is 1430. The number of carbonyl (C=O) groups excluding carboxylic acids is 1. The van der Waals surface area contributed by atoms with E-state index in [1.165, 1.54) is 24.4 Å². The number of rotatable bonds is 4. The molecule has 2 fully saturated rings. The Balaban J connectivity index is 1.30. The van der Waals surface area contributed by atoms with Gasteiger partial charge in [-0.1, -0.05) is 12.0 Å². The Morgan fingerprint density at radius 2 is 1.87 bits per heavy atom. The molecule has 2 aliphatic heterocycles. The van der Waals surface area contributed by atoms with Crippen LogP contribution in [-0.4, -0.2) is 64.1 Å². The van der Waals surface area contributed by atoms with E-state index in [-0.39, 0.29) is 34.6 Å². The fraction of sp³-hybridized carbons (Fsp3) is 0.333. The number of aromatic nitrogens is 3. The first-order valence-electron chi connectivity index (χ1n) is 12.0. The van der Waals surface area contributed by atoms with E-state index < -0.39 is 17.6 Å². The number of halogens is 3. The Hall–Kier alpha value is -4.01. The van der Waals surface area contributed by atoms with Gasteiger partial charge in [0, 0.05) is 55.6 Å². The zero-order valence-corrected chi connectivity index (χ0v) is 20.9. The van der Waals surface area contributed by atoms with Crippen LogP contribution in [0.15, 0.2) is 42.6 Å². The predicted molar refractivity (Wildman–Crippen MR) is 136 cm³/mol. The molecule has 0 aliphatic carbocycles. The zero-order valence-electron chi connectivity index (χ0n) is 20.9. The molecule has 5 rings (SSSR count). The normalized spacial score (nSPS) is 16.8. The number of amides is 1. The molecule has 1 aromatic carbocycles. The molecule has 0 saturated carbocycles. The first-order valence-corrected chi connectivity index (χ1v) is 12.0. The standard InChI is InChI=1S/C27H26F3N7O/c1-17-18(3-5-21-7-8-24(31)35-34-21)9-20(11-32-17)25(38)33-22-6-4-19(23(10-22)27(28,29)30)12-37-15-26(16-37)13-36(2)14-26/h4,6-11H,12-16H2,1-2H3,(H2,31,35)(H,33,38). The SMILES string of the molecule is Cc1ncc(C(=O)Nc2ccc(CN3CC4(CN(C)C4)C3)c(C(F)(F)F)c2)cc1C#Cc1ccc(N)nn1. The minimum atomic E-state index is -4.55. The van der Waals surface area contributed by atoms with Gasteiger partial charge < -0.3 is 16.0 Å². The van der Waals surface area contributed by atoms with Crippen LogP contribution in [0.1, 0.15) is 38.4 Å². The molecule has 0 radical (unpaired) electrons. The van der Waals surface area contributed by atoms with Crippen LogP contribution in [0.4, 0.5) is 24.7 Å². The van der Waals surface area contributed by atoms with Gasteiger partial charge in [-0.2, -0.15) is 13.2 Å². The highest BCUT2D eigenvalue weighted by molar-refractivity contribution is 6.04. The summed E-state index contributed by atoms with van der Waals surface area (Å²) in [4.78, 5) is 21.3. The summed E-state index contributed by atoms with van der Waals surface area (Å²) in [6.07, 6.45) is -3.19. The second-order valence-electron chi connectivity index (χ2n) is 10.1. The second-order valence-corrected chi connectivity index (χ2v) is 10.1. The van der Waals surface area contributed by atoms with Crippen molar-refractivity contribution >= 4 is 17.4 Å². The van der Waals surface area contributed by atoms with Gasteiger partial charge >= 0.3 is 6.18 Å². The van der Waals surface area contributed by atoms with Crippen molar-refractivity contribution in [2.24, 2.45) is 5.41 Å². The van der Waals surface area contributed by atoms with Crippen LogP contribution in [0.25, 0.3) is 0 Å². The number of alkyl halides is 3. The van der Waals surface area contributed by atoms with Gasteiger partial charge in [0.05, 0.1) is 16.8 Å². The van der Waals surface area contributed by atoms with Crippen molar-refractivity contribution in [1.29, 1.82) is 0 Å². The van der Waals surface area contributed by atoms with Gasteiger partial charge in [-0.25, -0.2) is 0 Å². The maximum Gasteiger partial charge on any atom is 0.416 e. The number of benzene rings is 1. The first-order chi connectivity index (χ1) is 18.0. The molecule has 3 aromatic rings. The molecule has 0 unspecified atom stereocenters. The fourth-order valence-corrected chi connectivity index (χ4v) is 5.14. The second kappa shape index (κ2) is 9.70. The number of hydrogen-bond acceptors (Lipinski definition) is 7. The molecule has 8 nitrogen and oxygen atoms in total. The van der Waals surface area contributed by atoms with Gasteiger partial charge in [0.25, 0.3) is 5.91 Å². The van der Waals surface area contributed by atoms with E-state index in [0.29, 0.717) is 17.0 Å². The molecular weight excluding hydrogens is 495 g/mol. The first kappa shape index (κ1) is 25.6. The largest absolute Gasteiger partial charge is 0.416 e. The highest BCUT2D eigenvalue weighted by Crippen LogP contribution is 2.41. The van der Waals surface area contributed by atoms with Crippen molar-refractivity contribution < 1.29 is 18.0 Å². The lowest BCUT2D eigenvalue weighted by Gasteiger charge is -2.59. The molecule has 1 amide bonds. The number of hydrogen-bond donors (Lipinski definition) is 2. The lowest BCUT2D eigenvalue weighted by Crippen LogP contribution is -2.70. The number of nitrogens with one attached hydrogen (secondary N) is 1. The van der Waals surface area contributed by atoms with Crippen molar-refractivity contribution in [3.8, 4) is 11.8 Å². The lowest BCUT2D eigenvalue weighted by molar-refractivity contribution is -0.139. The summed E-state index contributed by atoms with van der Waals surface area (Å²) in [5, 5.41) is 10.2. The fourth-order valence-electron chi connectivity index (χ4n) is 5.14. The number of nitrogen functional groups attached to an aromatic ring is 1. The molecule has 38 heavy (non-hydrogen) atoms. The van der Waals surface area contributed by atoms with E-state index in [9.17, 15) is 18.0 Å².